The van der Waals surface area contributed by atoms with Gasteiger partial charge in [-0.15, -0.1) is 0 Å². The molecular weight excluding hydrogens is 144 g/mol. The van der Waals surface area contributed by atoms with Crippen molar-refractivity contribution in [3.8, 4) is 0 Å². The maximum Gasteiger partial charge on any atom is -0.0173 e. The van der Waals surface area contributed by atoms with Crippen LogP contribution in [0.25, 0.3) is 0 Å². The van der Waals surface area contributed by atoms with Crippen molar-refractivity contribution in [3.05, 3.63) is 11.6 Å². The fraction of sp³-hybridized carbons (Fsp3) is 0.833. The van der Waals surface area contributed by atoms with E-state index in [0.717, 1.165) is 5.92 Å². The molecule has 0 nitrogen and oxygen atoms in total. The fourth-order valence-corrected chi connectivity index (χ4v) is 1.94. The largest absolute Gasteiger partial charge is 0.0845 e. The Labute approximate surface area is 77.1 Å². The van der Waals surface area contributed by atoms with Crippen LogP contribution < -0.4 is 0 Å². The van der Waals surface area contributed by atoms with E-state index < -0.39 is 0 Å². The molecule has 0 heteroatoms. The van der Waals surface area contributed by atoms with Gasteiger partial charge in [0.05, 0.1) is 0 Å². The normalized spacial score (nSPS) is 25.3. The lowest BCUT2D eigenvalue weighted by atomic mass is 9.77. The molecule has 1 rings (SSSR count). The minimum atomic E-state index is 0.415. The highest BCUT2D eigenvalue weighted by Crippen LogP contribution is 2.35. The van der Waals surface area contributed by atoms with Crippen LogP contribution in [0.15, 0.2) is 11.6 Å². The van der Waals surface area contributed by atoms with Crippen molar-refractivity contribution in [3.63, 3.8) is 0 Å². The van der Waals surface area contributed by atoms with Gasteiger partial charge in [0.25, 0.3) is 0 Å². The van der Waals surface area contributed by atoms with Gasteiger partial charge in [0.15, 0.2) is 0 Å². The molecular formula is C12H22. The summed E-state index contributed by atoms with van der Waals surface area (Å²) in [4.78, 5) is 0. The SMILES string of the molecule is CCC1CC=C(C(C)(C)C)CC1. The first-order valence-electron chi connectivity index (χ1n) is 5.23. The van der Waals surface area contributed by atoms with Gasteiger partial charge in [-0.3, -0.25) is 0 Å². The minimum absolute atomic E-state index is 0.415. The predicted molar refractivity (Wildman–Crippen MR) is 55.2 cm³/mol. The van der Waals surface area contributed by atoms with Crippen LogP contribution in [0.1, 0.15) is 53.4 Å². The molecule has 1 aliphatic carbocycles. The van der Waals surface area contributed by atoms with E-state index in [1.807, 2.05) is 0 Å². The smallest absolute Gasteiger partial charge is 0.0173 e. The van der Waals surface area contributed by atoms with Crippen LogP contribution in [0.4, 0.5) is 0 Å². The summed E-state index contributed by atoms with van der Waals surface area (Å²) in [6, 6.07) is 0. The topological polar surface area (TPSA) is 0 Å². The van der Waals surface area contributed by atoms with Gasteiger partial charge in [0.1, 0.15) is 0 Å². The Balaban J connectivity index is 2.56. The van der Waals surface area contributed by atoms with Crippen molar-refractivity contribution in [1.29, 1.82) is 0 Å². The third-order valence-corrected chi connectivity index (χ3v) is 3.06. The van der Waals surface area contributed by atoms with Gasteiger partial charge < -0.3 is 0 Å². The molecule has 0 radical (unpaired) electrons. The van der Waals surface area contributed by atoms with E-state index in [4.69, 9.17) is 0 Å². The molecule has 0 fully saturated rings. The second kappa shape index (κ2) is 3.64. The standard InChI is InChI=1S/C12H22/c1-5-10-6-8-11(9-7-10)12(2,3)4/h8,10H,5-7,9H2,1-4H3. The minimum Gasteiger partial charge on any atom is -0.0845 e. The zero-order valence-corrected chi connectivity index (χ0v) is 8.98. The summed E-state index contributed by atoms with van der Waals surface area (Å²) >= 11 is 0. The van der Waals surface area contributed by atoms with Crippen molar-refractivity contribution in [2.24, 2.45) is 11.3 Å². The highest BCUT2D eigenvalue weighted by Gasteiger charge is 2.21. The number of hydrogen-bond acceptors (Lipinski definition) is 0. The van der Waals surface area contributed by atoms with Gasteiger partial charge in [0.2, 0.25) is 0 Å². The monoisotopic (exact) mass is 166 g/mol. The van der Waals surface area contributed by atoms with E-state index in [1.54, 1.807) is 5.57 Å². The van der Waals surface area contributed by atoms with Gasteiger partial charge in [-0.05, 0) is 30.6 Å². The van der Waals surface area contributed by atoms with Crippen molar-refractivity contribution in [2.45, 2.75) is 53.4 Å². The number of rotatable bonds is 1. The third-order valence-electron chi connectivity index (χ3n) is 3.06. The lowest BCUT2D eigenvalue weighted by molar-refractivity contribution is 0.397. The lowest BCUT2D eigenvalue weighted by Crippen LogP contribution is -2.15. The Morgan fingerprint density at radius 3 is 2.42 bits per heavy atom. The van der Waals surface area contributed by atoms with E-state index in [9.17, 15) is 0 Å². The van der Waals surface area contributed by atoms with Crippen LogP contribution in [0, 0.1) is 11.3 Å². The van der Waals surface area contributed by atoms with Crippen molar-refractivity contribution in [2.75, 3.05) is 0 Å². The number of allylic oxidation sites excluding steroid dienone is 2. The van der Waals surface area contributed by atoms with Crippen LogP contribution >= 0.6 is 0 Å². The average Bonchev–Trinajstić information content (AvgIpc) is 2.03. The molecule has 0 heterocycles. The van der Waals surface area contributed by atoms with E-state index in [-0.39, 0.29) is 0 Å². The van der Waals surface area contributed by atoms with E-state index >= 15 is 0 Å². The Morgan fingerprint density at radius 2 is 2.08 bits per heavy atom. The Bertz CT molecular complexity index is 169. The van der Waals surface area contributed by atoms with Gasteiger partial charge in [-0.25, -0.2) is 0 Å². The Kier molecular flexibility index (Phi) is 2.98. The second-order valence-corrected chi connectivity index (χ2v) is 5.03. The van der Waals surface area contributed by atoms with Gasteiger partial charge in [0, 0.05) is 0 Å². The summed E-state index contributed by atoms with van der Waals surface area (Å²) in [5.74, 6) is 0.969. The summed E-state index contributed by atoms with van der Waals surface area (Å²) in [6.07, 6.45) is 7.91. The van der Waals surface area contributed by atoms with Crippen molar-refractivity contribution in [1.82, 2.24) is 0 Å². The molecule has 0 bridgehead atoms. The Morgan fingerprint density at radius 1 is 1.42 bits per heavy atom. The molecule has 0 saturated heterocycles. The average molecular weight is 166 g/mol. The van der Waals surface area contributed by atoms with E-state index in [2.05, 4.69) is 33.8 Å². The molecule has 0 saturated carbocycles. The van der Waals surface area contributed by atoms with Crippen molar-refractivity contribution < 1.29 is 0 Å². The van der Waals surface area contributed by atoms with E-state index in [1.165, 1.54) is 25.7 Å². The molecule has 1 aliphatic rings. The highest BCUT2D eigenvalue weighted by atomic mass is 14.3. The maximum absolute atomic E-state index is 2.48. The molecule has 1 unspecified atom stereocenters. The summed E-state index contributed by atoms with van der Waals surface area (Å²) in [5, 5.41) is 0. The quantitative estimate of drug-likeness (QED) is 0.513. The summed E-state index contributed by atoms with van der Waals surface area (Å²) < 4.78 is 0. The Hall–Kier alpha value is -0.260. The molecule has 12 heavy (non-hydrogen) atoms. The van der Waals surface area contributed by atoms with Crippen LogP contribution in [-0.4, -0.2) is 0 Å². The predicted octanol–water partition coefficient (Wildman–Crippen LogP) is 4.17. The van der Waals surface area contributed by atoms with Crippen LogP contribution in [0.5, 0.6) is 0 Å². The highest BCUT2D eigenvalue weighted by molar-refractivity contribution is 5.13. The van der Waals surface area contributed by atoms with E-state index in [0.29, 0.717) is 5.41 Å². The molecule has 0 N–H and O–H groups in total. The molecule has 0 aromatic carbocycles. The summed E-state index contributed by atoms with van der Waals surface area (Å²) in [7, 11) is 0. The second-order valence-electron chi connectivity index (χ2n) is 5.03. The third kappa shape index (κ3) is 2.36. The first-order chi connectivity index (χ1) is 5.54. The van der Waals surface area contributed by atoms with Gasteiger partial charge >= 0.3 is 0 Å². The molecule has 0 spiro atoms. The molecule has 0 aliphatic heterocycles. The zero-order chi connectivity index (χ0) is 9.19. The van der Waals surface area contributed by atoms with Crippen molar-refractivity contribution >= 4 is 0 Å². The zero-order valence-electron chi connectivity index (χ0n) is 8.98. The molecule has 1 atom stereocenters. The van der Waals surface area contributed by atoms with Crippen LogP contribution in [0.3, 0.4) is 0 Å². The molecule has 70 valence electrons. The van der Waals surface area contributed by atoms with Crippen LogP contribution in [0.2, 0.25) is 0 Å². The van der Waals surface area contributed by atoms with Gasteiger partial charge in [-0.1, -0.05) is 45.8 Å². The lowest BCUT2D eigenvalue weighted by Gasteiger charge is -2.29. The summed E-state index contributed by atoms with van der Waals surface area (Å²) in [6.45, 7) is 9.28. The summed E-state index contributed by atoms with van der Waals surface area (Å²) in [5.41, 5.74) is 2.09. The first-order valence-corrected chi connectivity index (χ1v) is 5.23. The van der Waals surface area contributed by atoms with Crippen LogP contribution in [-0.2, 0) is 0 Å². The molecule has 0 amide bonds. The molecule has 0 aromatic heterocycles. The fourth-order valence-electron chi connectivity index (χ4n) is 1.94. The molecule has 0 aromatic rings. The number of hydrogen-bond donors (Lipinski definition) is 0. The van der Waals surface area contributed by atoms with Gasteiger partial charge in [-0.2, -0.15) is 0 Å². The maximum atomic E-state index is 2.48. The first kappa shape index (κ1) is 9.83.